The first kappa shape index (κ1) is 19.2. The molecule has 0 spiro atoms. The van der Waals surface area contributed by atoms with Gasteiger partial charge in [0.05, 0.1) is 1.37 Å². The zero-order valence-corrected chi connectivity index (χ0v) is 17.2. The van der Waals surface area contributed by atoms with Crippen LogP contribution >= 0.6 is 7.14 Å². The van der Waals surface area contributed by atoms with Crippen molar-refractivity contribution in [1.82, 2.24) is 0 Å². The second-order valence-corrected chi connectivity index (χ2v) is 9.34. The van der Waals surface area contributed by atoms with E-state index in [1.807, 2.05) is 60.7 Å². The van der Waals surface area contributed by atoms with Crippen molar-refractivity contribution >= 4 is 17.8 Å². The van der Waals surface area contributed by atoms with Crippen molar-refractivity contribution in [1.29, 1.82) is 0 Å². The highest BCUT2D eigenvalue weighted by Crippen LogP contribution is 2.46. The van der Waals surface area contributed by atoms with E-state index in [1.54, 1.807) is 0 Å². The van der Waals surface area contributed by atoms with Gasteiger partial charge in [-0.1, -0.05) is 112 Å². The molecular formula is C24H33OP. The fourth-order valence-corrected chi connectivity index (χ4v) is 5.66. The van der Waals surface area contributed by atoms with Crippen LogP contribution < -0.4 is 10.6 Å². The number of rotatable bonds is 11. The second kappa shape index (κ2) is 11.2. The number of unbranched alkanes of at least 4 members (excludes halogenated alkanes) is 5. The zero-order valence-electron chi connectivity index (χ0n) is 17.3. The summed E-state index contributed by atoms with van der Waals surface area (Å²) < 4.78 is 23.2. The van der Waals surface area contributed by atoms with Crippen LogP contribution in [0.3, 0.4) is 0 Å². The maximum Gasteiger partial charge on any atom is 0.164 e. The van der Waals surface area contributed by atoms with Crippen molar-refractivity contribution in [3.63, 3.8) is 0 Å². The Hall–Kier alpha value is -1.59. The summed E-state index contributed by atoms with van der Waals surface area (Å²) in [5, 5.41) is 1.52. The Morgan fingerprint density at radius 3 is 1.85 bits per heavy atom. The Bertz CT molecular complexity index is 709. The lowest BCUT2D eigenvalue weighted by Gasteiger charge is -2.18. The van der Waals surface area contributed by atoms with Gasteiger partial charge in [0.15, 0.2) is 7.14 Å². The highest BCUT2D eigenvalue weighted by atomic mass is 31.2. The third kappa shape index (κ3) is 5.99. The maximum atomic E-state index is 14.2. The molecule has 0 radical (unpaired) electrons. The predicted octanol–water partition coefficient (Wildman–Crippen LogP) is 7.05. The molecule has 0 atom stereocenters. The van der Waals surface area contributed by atoms with Crippen LogP contribution in [-0.2, 0) is 4.57 Å². The van der Waals surface area contributed by atoms with Gasteiger partial charge >= 0.3 is 0 Å². The molecule has 0 unspecified atom stereocenters. The zero-order chi connectivity index (χ0) is 19.5. The quantitative estimate of drug-likeness (QED) is 0.306. The summed E-state index contributed by atoms with van der Waals surface area (Å²) >= 11 is 0. The van der Waals surface area contributed by atoms with Gasteiger partial charge in [0.2, 0.25) is 0 Å². The van der Waals surface area contributed by atoms with E-state index >= 15 is 0 Å². The van der Waals surface area contributed by atoms with Crippen LogP contribution in [0.2, 0.25) is 0 Å². The molecule has 1 nitrogen and oxygen atoms in total. The van der Waals surface area contributed by atoms with Crippen molar-refractivity contribution in [2.24, 2.45) is 0 Å². The van der Waals surface area contributed by atoms with E-state index in [9.17, 15) is 4.57 Å². The molecule has 0 aliphatic carbocycles. The van der Waals surface area contributed by atoms with Crippen LogP contribution in [0.25, 0.3) is 0 Å². The lowest BCUT2D eigenvalue weighted by Crippen LogP contribution is -2.14. The molecule has 0 fully saturated rings. The lowest BCUT2D eigenvalue weighted by molar-refractivity contribution is 0.590. The second-order valence-electron chi connectivity index (χ2n) is 6.87. The highest BCUT2D eigenvalue weighted by Gasteiger charge is 2.24. The van der Waals surface area contributed by atoms with Gasteiger partial charge in [0.1, 0.15) is 0 Å². The smallest absolute Gasteiger partial charge is 0.164 e. The Morgan fingerprint density at radius 1 is 0.846 bits per heavy atom. The molecule has 0 aromatic heterocycles. The van der Waals surface area contributed by atoms with Gasteiger partial charge in [-0.3, -0.25) is 0 Å². The van der Waals surface area contributed by atoms with Crippen LogP contribution in [-0.4, -0.2) is 0 Å². The summed E-state index contributed by atoms with van der Waals surface area (Å²) in [6, 6.07) is 19.1. The Balaban J connectivity index is 2.30. The normalized spacial score (nSPS) is 13.2. The molecule has 2 aromatic carbocycles. The molecule has 0 heterocycles. The number of hydrogen-bond acceptors (Lipinski definition) is 1. The summed E-state index contributed by atoms with van der Waals surface area (Å²) in [4.78, 5) is 0. The van der Waals surface area contributed by atoms with E-state index in [2.05, 4.69) is 13.8 Å². The van der Waals surface area contributed by atoms with Crippen LogP contribution in [0, 0.1) is 0 Å². The van der Waals surface area contributed by atoms with Gasteiger partial charge in [-0.05, 0) is 25.1 Å². The van der Waals surface area contributed by atoms with Gasteiger partial charge in [0, 0.05) is 10.6 Å². The van der Waals surface area contributed by atoms with Gasteiger partial charge in [0.25, 0.3) is 0 Å². The fourth-order valence-electron chi connectivity index (χ4n) is 3.21. The first-order valence-electron chi connectivity index (χ1n) is 10.5. The summed E-state index contributed by atoms with van der Waals surface area (Å²) in [6.45, 7) is 4.32. The van der Waals surface area contributed by atoms with E-state index in [1.165, 1.54) is 32.1 Å². The van der Waals surface area contributed by atoms with Gasteiger partial charge < -0.3 is 4.57 Å². The SMILES string of the molecule is [2H]/C(=C(\CC)CCCCCCCC)P(=O)(c1ccccc1)c1ccccc1. The minimum absolute atomic E-state index is 0.343. The predicted molar refractivity (Wildman–Crippen MR) is 116 cm³/mol. The Labute approximate surface area is 161 Å². The fraction of sp³-hybridized carbons (Fsp3) is 0.417. The summed E-state index contributed by atoms with van der Waals surface area (Å²) in [7, 11) is -3.11. The summed E-state index contributed by atoms with van der Waals surface area (Å²) in [5.74, 6) is 0.343. The topological polar surface area (TPSA) is 17.1 Å². The maximum absolute atomic E-state index is 14.2. The Kier molecular flexibility index (Phi) is 8.26. The van der Waals surface area contributed by atoms with Crippen molar-refractivity contribution in [3.8, 4) is 0 Å². The number of benzene rings is 2. The average molecular weight is 370 g/mol. The third-order valence-electron chi connectivity index (χ3n) is 4.81. The summed E-state index contributed by atoms with van der Waals surface area (Å²) in [6.07, 6.45) is 9.06. The number of hydrogen-bond donors (Lipinski definition) is 0. The molecule has 26 heavy (non-hydrogen) atoms. The van der Waals surface area contributed by atoms with E-state index in [0.717, 1.165) is 35.4 Å². The minimum atomic E-state index is -3.11. The Morgan fingerprint density at radius 2 is 1.35 bits per heavy atom. The molecule has 2 heteroatoms. The van der Waals surface area contributed by atoms with Crippen LogP contribution in [0.4, 0.5) is 0 Å². The number of allylic oxidation sites excluding steroid dienone is 1. The van der Waals surface area contributed by atoms with Crippen LogP contribution in [0.5, 0.6) is 0 Å². The molecule has 0 bridgehead atoms. The standard InChI is InChI=1S/C24H33OP/c1-3-5-6-7-8-11-16-22(4-2)21-26(25,23-17-12-9-13-18-23)24-19-14-10-15-20-24/h9-10,12-15,17-21H,3-8,11,16H2,1-2H3/b22-21-/i21D. The largest absolute Gasteiger partial charge is 0.309 e. The average Bonchev–Trinajstić information content (AvgIpc) is 2.73. The minimum Gasteiger partial charge on any atom is -0.309 e. The van der Waals surface area contributed by atoms with Gasteiger partial charge in [-0.2, -0.15) is 0 Å². The van der Waals surface area contributed by atoms with Gasteiger partial charge in [-0.15, -0.1) is 0 Å². The third-order valence-corrected chi connectivity index (χ3v) is 7.50. The van der Waals surface area contributed by atoms with Crippen molar-refractivity contribution in [3.05, 3.63) is 72.0 Å². The molecule has 0 saturated carbocycles. The lowest BCUT2D eigenvalue weighted by atomic mass is 10.0. The molecule has 0 N–H and O–H groups in total. The van der Waals surface area contributed by atoms with Crippen molar-refractivity contribution in [2.75, 3.05) is 0 Å². The van der Waals surface area contributed by atoms with E-state index in [4.69, 9.17) is 1.37 Å². The molecule has 0 saturated heterocycles. The van der Waals surface area contributed by atoms with Gasteiger partial charge in [-0.25, -0.2) is 0 Å². The first-order valence-corrected chi connectivity index (χ1v) is 11.8. The van der Waals surface area contributed by atoms with Crippen LogP contribution in [0.1, 0.15) is 66.6 Å². The molecule has 2 rings (SSSR count). The monoisotopic (exact) mass is 369 g/mol. The van der Waals surface area contributed by atoms with E-state index in [-0.39, 0.29) is 0 Å². The molecule has 0 aliphatic rings. The first-order chi connectivity index (χ1) is 13.1. The van der Waals surface area contributed by atoms with E-state index < -0.39 is 7.14 Å². The molecule has 0 amide bonds. The van der Waals surface area contributed by atoms with Crippen molar-refractivity contribution in [2.45, 2.75) is 65.2 Å². The van der Waals surface area contributed by atoms with Crippen molar-refractivity contribution < 1.29 is 5.94 Å². The van der Waals surface area contributed by atoms with Crippen LogP contribution in [0.15, 0.2) is 72.0 Å². The molecular weight excluding hydrogens is 335 g/mol. The highest BCUT2D eigenvalue weighted by molar-refractivity contribution is 7.81. The summed E-state index contributed by atoms with van der Waals surface area (Å²) in [5.41, 5.74) is 1.04. The molecule has 140 valence electrons. The molecule has 0 aliphatic heterocycles. The van der Waals surface area contributed by atoms with E-state index in [0.29, 0.717) is 5.79 Å². The molecule has 2 aromatic rings.